The highest BCUT2D eigenvalue weighted by molar-refractivity contribution is 6.30. The number of para-hydroxylation sites is 1. The fourth-order valence-electron chi connectivity index (χ4n) is 2.61. The van der Waals surface area contributed by atoms with Gasteiger partial charge in [-0.25, -0.2) is 4.98 Å². The number of fused-ring (bicyclic) bond motifs is 1. The number of hydrogen-bond acceptors (Lipinski definition) is 2. The molecule has 0 bridgehead atoms. The summed E-state index contributed by atoms with van der Waals surface area (Å²) in [6.45, 7) is 3.29. The number of pyridine rings is 1. The second-order valence-corrected chi connectivity index (χ2v) is 5.33. The molecule has 0 atom stereocenters. The van der Waals surface area contributed by atoms with Gasteiger partial charge in [-0.3, -0.25) is 4.90 Å². The van der Waals surface area contributed by atoms with Gasteiger partial charge in [-0.2, -0.15) is 0 Å². The molecule has 2 heterocycles. The molecule has 3 rings (SSSR count). The maximum absolute atomic E-state index is 6.28. The number of piperidine rings is 1. The molecule has 2 aromatic rings. The summed E-state index contributed by atoms with van der Waals surface area (Å²) in [5.41, 5.74) is 2.13. The first-order chi connectivity index (χ1) is 8.83. The zero-order valence-corrected chi connectivity index (χ0v) is 11.2. The van der Waals surface area contributed by atoms with Crippen molar-refractivity contribution in [3.05, 3.63) is 41.0 Å². The Morgan fingerprint density at radius 3 is 2.72 bits per heavy atom. The SMILES string of the molecule is Clc1nc2ccccc2cc1CN1CCCCC1. The maximum Gasteiger partial charge on any atom is 0.134 e. The molecule has 0 saturated carbocycles. The average Bonchev–Trinajstić information content (AvgIpc) is 2.41. The first-order valence-electron chi connectivity index (χ1n) is 6.59. The van der Waals surface area contributed by atoms with Crippen LogP contribution < -0.4 is 0 Å². The van der Waals surface area contributed by atoms with Crippen LogP contribution in [-0.2, 0) is 6.54 Å². The highest BCUT2D eigenvalue weighted by Crippen LogP contribution is 2.23. The summed E-state index contributed by atoms with van der Waals surface area (Å²) in [6, 6.07) is 10.3. The van der Waals surface area contributed by atoms with Crippen molar-refractivity contribution in [3.63, 3.8) is 0 Å². The van der Waals surface area contributed by atoms with E-state index >= 15 is 0 Å². The summed E-state index contributed by atoms with van der Waals surface area (Å²) < 4.78 is 0. The van der Waals surface area contributed by atoms with Crippen LogP contribution in [0.4, 0.5) is 0 Å². The minimum atomic E-state index is 0.652. The Morgan fingerprint density at radius 2 is 1.89 bits per heavy atom. The average molecular weight is 261 g/mol. The lowest BCUT2D eigenvalue weighted by Gasteiger charge is -2.26. The highest BCUT2D eigenvalue weighted by Gasteiger charge is 2.13. The molecule has 1 saturated heterocycles. The van der Waals surface area contributed by atoms with Gasteiger partial charge >= 0.3 is 0 Å². The van der Waals surface area contributed by atoms with E-state index in [-0.39, 0.29) is 0 Å². The zero-order chi connectivity index (χ0) is 12.4. The Bertz CT molecular complexity index is 547. The number of rotatable bonds is 2. The molecule has 18 heavy (non-hydrogen) atoms. The van der Waals surface area contributed by atoms with Crippen molar-refractivity contribution < 1.29 is 0 Å². The van der Waals surface area contributed by atoms with Crippen molar-refractivity contribution in [3.8, 4) is 0 Å². The fraction of sp³-hybridized carbons (Fsp3) is 0.400. The number of hydrogen-bond donors (Lipinski definition) is 0. The van der Waals surface area contributed by atoms with Gasteiger partial charge < -0.3 is 0 Å². The zero-order valence-electron chi connectivity index (χ0n) is 10.4. The second-order valence-electron chi connectivity index (χ2n) is 4.97. The van der Waals surface area contributed by atoms with E-state index in [4.69, 9.17) is 11.6 Å². The standard InChI is InChI=1S/C15H17ClN2/c16-15-13(11-18-8-4-1-5-9-18)10-12-6-2-3-7-14(12)17-15/h2-3,6-7,10H,1,4-5,8-9,11H2. The van der Waals surface area contributed by atoms with Gasteiger partial charge in [-0.05, 0) is 38.1 Å². The second kappa shape index (κ2) is 5.25. The van der Waals surface area contributed by atoms with E-state index in [0.29, 0.717) is 5.15 Å². The summed E-state index contributed by atoms with van der Waals surface area (Å²) in [5.74, 6) is 0. The van der Waals surface area contributed by atoms with Crippen LogP contribution >= 0.6 is 11.6 Å². The molecular formula is C15H17ClN2. The molecule has 0 N–H and O–H groups in total. The van der Waals surface area contributed by atoms with Crippen LogP contribution in [0.2, 0.25) is 5.15 Å². The Morgan fingerprint density at radius 1 is 1.11 bits per heavy atom. The summed E-state index contributed by atoms with van der Waals surface area (Å²) in [7, 11) is 0. The third-order valence-corrected chi connectivity index (χ3v) is 3.92. The van der Waals surface area contributed by atoms with Gasteiger partial charge in [0.1, 0.15) is 5.15 Å². The monoisotopic (exact) mass is 260 g/mol. The van der Waals surface area contributed by atoms with Crippen molar-refractivity contribution in [2.45, 2.75) is 25.8 Å². The van der Waals surface area contributed by atoms with Crippen LogP contribution in [-0.4, -0.2) is 23.0 Å². The van der Waals surface area contributed by atoms with Crippen LogP contribution in [0, 0.1) is 0 Å². The number of aromatic nitrogens is 1. The molecule has 1 aliphatic heterocycles. The predicted molar refractivity (Wildman–Crippen MR) is 75.9 cm³/mol. The summed E-state index contributed by atoms with van der Waals surface area (Å²) in [6.07, 6.45) is 3.97. The third-order valence-electron chi connectivity index (χ3n) is 3.59. The van der Waals surface area contributed by atoms with Crippen molar-refractivity contribution in [2.24, 2.45) is 0 Å². The van der Waals surface area contributed by atoms with E-state index < -0.39 is 0 Å². The van der Waals surface area contributed by atoms with Crippen LogP contribution in [0.1, 0.15) is 24.8 Å². The minimum Gasteiger partial charge on any atom is -0.299 e. The smallest absolute Gasteiger partial charge is 0.134 e. The van der Waals surface area contributed by atoms with E-state index in [1.54, 1.807) is 0 Å². The Labute approximate surface area is 113 Å². The molecule has 1 aromatic carbocycles. The van der Waals surface area contributed by atoms with Gasteiger partial charge in [0.05, 0.1) is 5.52 Å². The van der Waals surface area contributed by atoms with Gasteiger partial charge in [0.15, 0.2) is 0 Å². The van der Waals surface area contributed by atoms with Crippen LogP contribution in [0.5, 0.6) is 0 Å². The fourth-order valence-corrected chi connectivity index (χ4v) is 2.81. The Hall–Kier alpha value is -1.12. The molecule has 1 fully saturated rings. The largest absolute Gasteiger partial charge is 0.299 e. The van der Waals surface area contributed by atoms with E-state index in [0.717, 1.165) is 17.6 Å². The summed E-state index contributed by atoms with van der Waals surface area (Å²) in [5, 5.41) is 1.83. The first-order valence-corrected chi connectivity index (χ1v) is 6.97. The third kappa shape index (κ3) is 2.50. The Kier molecular flexibility index (Phi) is 3.48. The van der Waals surface area contributed by atoms with E-state index in [1.807, 2.05) is 18.2 Å². The number of halogens is 1. The highest BCUT2D eigenvalue weighted by atomic mass is 35.5. The molecular weight excluding hydrogens is 244 g/mol. The quantitative estimate of drug-likeness (QED) is 0.762. The normalized spacial score (nSPS) is 17.2. The molecule has 0 unspecified atom stereocenters. The molecule has 3 heteroatoms. The lowest BCUT2D eigenvalue weighted by Crippen LogP contribution is -2.29. The number of benzene rings is 1. The van der Waals surface area contributed by atoms with Crippen molar-refractivity contribution in [1.82, 2.24) is 9.88 Å². The molecule has 0 spiro atoms. The molecule has 0 radical (unpaired) electrons. The molecule has 0 amide bonds. The van der Waals surface area contributed by atoms with E-state index in [2.05, 4.69) is 22.0 Å². The minimum absolute atomic E-state index is 0.652. The van der Waals surface area contributed by atoms with Crippen molar-refractivity contribution in [1.29, 1.82) is 0 Å². The topological polar surface area (TPSA) is 16.1 Å². The lowest BCUT2D eigenvalue weighted by molar-refractivity contribution is 0.221. The molecule has 1 aliphatic rings. The summed E-state index contributed by atoms with van der Waals surface area (Å²) >= 11 is 6.28. The van der Waals surface area contributed by atoms with Crippen molar-refractivity contribution >= 4 is 22.5 Å². The van der Waals surface area contributed by atoms with Gasteiger partial charge in [0.25, 0.3) is 0 Å². The van der Waals surface area contributed by atoms with Crippen LogP contribution in [0.25, 0.3) is 10.9 Å². The van der Waals surface area contributed by atoms with E-state index in [1.165, 1.54) is 37.7 Å². The first kappa shape index (κ1) is 11.9. The maximum atomic E-state index is 6.28. The Balaban J connectivity index is 1.88. The molecule has 1 aromatic heterocycles. The van der Waals surface area contributed by atoms with Gasteiger partial charge in [0.2, 0.25) is 0 Å². The van der Waals surface area contributed by atoms with Gasteiger partial charge in [0, 0.05) is 17.5 Å². The van der Waals surface area contributed by atoms with Crippen LogP contribution in [0.3, 0.4) is 0 Å². The lowest BCUT2D eigenvalue weighted by atomic mass is 10.1. The van der Waals surface area contributed by atoms with Gasteiger partial charge in [-0.1, -0.05) is 36.2 Å². The molecule has 2 nitrogen and oxygen atoms in total. The number of nitrogens with zero attached hydrogens (tertiary/aromatic N) is 2. The predicted octanol–water partition coefficient (Wildman–Crippen LogP) is 3.87. The number of likely N-dealkylation sites (tertiary alicyclic amines) is 1. The van der Waals surface area contributed by atoms with Gasteiger partial charge in [-0.15, -0.1) is 0 Å². The van der Waals surface area contributed by atoms with Crippen LogP contribution in [0.15, 0.2) is 30.3 Å². The van der Waals surface area contributed by atoms with E-state index in [9.17, 15) is 0 Å². The molecule has 0 aliphatic carbocycles. The molecule has 94 valence electrons. The summed E-state index contributed by atoms with van der Waals surface area (Å²) in [4.78, 5) is 6.95. The van der Waals surface area contributed by atoms with Crippen molar-refractivity contribution in [2.75, 3.05) is 13.1 Å².